The van der Waals surface area contributed by atoms with E-state index in [0.717, 1.165) is 31.2 Å². The predicted molar refractivity (Wildman–Crippen MR) is 90.1 cm³/mol. The van der Waals surface area contributed by atoms with Gasteiger partial charge in [0, 0.05) is 11.6 Å². The summed E-state index contributed by atoms with van der Waals surface area (Å²) in [6.07, 6.45) is 5.49. The lowest BCUT2D eigenvalue weighted by Crippen LogP contribution is -2.24. The molecule has 7 nitrogen and oxygen atoms in total. The first-order valence-corrected chi connectivity index (χ1v) is 8.17. The van der Waals surface area contributed by atoms with E-state index in [-0.39, 0.29) is 11.7 Å². The highest BCUT2D eigenvalue weighted by molar-refractivity contribution is 5.66. The normalized spacial score (nSPS) is 15.3. The molecule has 1 fully saturated rings. The van der Waals surface area contributed by atoms with Gasteiger partial charge in [0.05, 0.1) is 21.3 Å². The molecule has 1 N–H and O–H groups in total. The van der Waals surface area contributed by atoms with Gasteiger partial charge in [-0.2, -0.15) is 5.10 Å². The van der Waals surface area contributed by atoms with E-state index in [9.17, 15) is 4.79 Å². The number of nitrogens with zero attached hydrogens (tertiary/aromatic N) is 2. The molecule has 1 aromatic heterocycles. The lowest BCUT2D eigenvalue weighted by atomic mass is 9.95. The minimum Gasteiger partial charge on any atom is -0.493 e. The summed E-state index contributed by atoms with van der Waals surface area (Å²) >= 11 is 0. The van der Waals surface area contributed by atoms with Crippen LogP contribution in [-0.4, -0.2) is 36.1 Å². The third-order valence-electron chi connectivity index (χ3n) is 4.57. The molecule has 2 aromatic rings. The topological polar surface area (TPSA) is 78.4 Å². The van der Waals surface area contributed by atoms with Crippen molar-refractivity contribution in [2.45, 2.75) is 38.1 Å². The van der Waals surface area contributed by atoms with Gasteiger partial charge in [0.2, 0.25) is 5.75 Å². The number of methoxy groups -OCH3 is 3. The molecule has 1 saturated carbocycles. The molecule has 0 radical (unpaired) electrons. The summed E-state index contributed by atoms with van der Waals surface area (Å²) in [5.74, 6) is 2.20. The van der Waals surface area contributed by atoms with E-state index in [4.69, 9.17) is 14.2 Å². The summed E-state index contributed by atoms with van der Waals surface area (Å²) in [5, 5.41) is 6.82. The monoisotopic (exact) mass is 333 g/mol. The van der Waals surface area contributed by atoms with Gasteiger partial charge in [-0.15, -0.1) is 0 Å². The Balaban J connectivity index is 2.11. The van der Waals surface area contributed by atoms with Crippen LogP contribution in [-0.2, 0) is 0 Å². The van der Waals surface area contributed by atoms with Crippen molar-refractivity contribution in [2.24, 2.45) is 0 Å². The fourth-order valence-corrected chi connectivity index (χ4v) is 3.40. The van der Waals surface area contributed by atoms with E-state index >= 15 is 0 Å². The lowest BCUT2D eigenvalue weighted by molar-refractivity contribution is 0.324. The molecule has 1 aliphatic carbocycles. The highest BCUT2D eigenvalue weighted by Crippen LogP contribution is 2.41. The number of aromatic nitrogens is 3. The van der Waals surface area contributed by atoms with Crippen LogP contribution >= 0.6 is 0 Å². The molecule has 1 aromatic carbocycles. The minimum atomic E-state index is -0.175. The summed E-state index contributed by atoms with van der Waals surface area (Å²) in [7, 11) is 4.70. The molecule has 0 spiro atoms. The fraction of sp³-hybridized carbons (Fsp3) is 0.529. The molecule has 0 bridgehead atoms. The van der Waals surface area contributed by atoms with Crippen LogP contribution in [0.15, 0.2) is 16.9 Å². The van der Waals surface area contributed by atoms with Crippen LogP contribution in [0.5, 0.6) is 17.2 Å². The smallest absolute Gasteiger partial charge is 0.343 e. The minimum absolute atomic E-state index is 0.175. The van der Waals surface area contributed by atoms with Crippen molar-refractivity contribution in [3.63, 3.8) is 0 Å². The Morgan fingerprint density at radius 2 is 1.67 bits per heavy atom. The molecular weight excluding hydrogens is 310 g/mol. The van der Waals surface area contributed by atoms with E-state index < -0.39 is 0 Å². The molecule has 1 aliphatic rings. The molecule has 24 heavy (non-hydrogen) atoms. The fourth-order valence-electron chi connectivity index (χ4n) is 3.40. The zero-order valence-corrected chi connectivity index (χ0v) is 14.3. The van der Waals surface area contributed by atoms with Gasteiger partial charge in [-0.05, 0) is 25.0 Å². The van der Waals surface area contributed by atoms with Crippen molar-refractivity contribution in [1.29, 1.82) is 0 Å². The number of benzene rings is 1. The van der Waals surface area contributed by atoms with E-state index in [1.807, 2.05) is 12.1 Å². The van der Waals surface area contributed by atoms with E-state index in [0.29, 0.717) is 23.1 Å². The van der Waals surface area contributed by atoms with E-state index in [2.05, 4.69) is 10.2 Å². The van der Waals surface area contributed by atoms with Crippen molar-refractivity contribution >= 4 is 0 Å². The summed E-state index contributed by atoms with van der Waals surface area (Å²) in [4.78, 5) is 12.3. The van der Waals surface area contributed by atoms with E-state index in [1.165, 1.54) is 6.42 Å². The Kier molecular flexibility index (Phi) is 4.78. The van der Waals surface area contributed by atoms with Crippen molar-refractivity contribution < 1.29 is 14.2 Å². The lowest BCUT2D eigenvalue weighted by Gasteiger charge is -2.23. The number of aromatic amines is 1. The average Bonchev–Trinajstić information content (AvgIpc) is 3.02. The zero-order chi connectivity index (χ0) is 17.1. The van der Waals surface area contributed by atoms with Gasteiger partial charge in [-0.1, -0.05) is 19.3 Å². The second-order valence-corrected chi connectivity index (χ2v) is 5.93. The molecule has 0 atom stereocenters. The Bertz CT molecular complexity index is 734. The van der Waals surface area contributed by atoms with Gasteiger partial charge in [-0.3, -0.25) is 4.57 Å². The summed E-state index contributed by atoms with van der Waals surface area (Å²) in [6, 6.07) is 3.81. The average molecular weight is 333 g/mol. The van der Waals surface area contributed by atoms with Gasteiger partial charge in [0.15, 0.2) is 17.3 Å². The second-order valence-electron chi connectivity index (χ2n) is 5.93. The maximum atomic E-state index is 12.3. The summed E-state index contributed by atoms with van der Waals surface area (Å²) in [5.41, 5.74) is 0.582. The quantitative estimate of drug-likeness (QED) is 0.910. The molecule has 0 saturated heterocycles. The zero-order valence-electron chi connectivity index (χ0n) is 14.3. The van der Waals surface area contributed by atoms with Gasteiger partial charge in [0.1, 0.15) is 0 Å². The molecular formula is C17H23N3O4. The third kappa shape index (κ3) is 2.86. The Morgan fingerprint density at radius 3 is 2.21 bits per heavy atom. The SMILES string of the molecule is COc1cc(-c2n[nH]c(=O)n2C2CCCCC2)cc(OC)c1OC. The van der Waals surface area contributed by atoms with Crippen LogP contribution in [0.2, 0.25) is 0 Å². The molecule has 130 valence electrons. The maximum Gasteiger partial charge on any atom is 0.343 e. The summed E-state index contributed by atoms with van der Waals surface area (Å²) in [6.45, 7) is 0. The molecule has 7 heteroatoms. The molecule has 3 rings (SSSR count). The van der Waals surface area contributed by atoms with Crippen molar-refractivity contribution in [2.75, 3.05) is 21.3 Å². The van der Waals surface area contributed by atoms with Gasteiger partial charge in [-0.25, -0.2) is 9.89 Å². The molecule has 0 aliphatic heterocycles. The number of hydrogen-bond acceptors (Lipinski definition) is 5. The van der Waals surface area contributed by atoms with Gasteiger partial charge >= 0.3 is 5.69 Å². The maximum absolute atomic E-state index is 12.3. The first-order valence-electron chi connectivity index (χ1n) is 8.17. The number of hydrogen-bond donors (Lipinski definition) is 1. The van der Waals surface area contributed by atoms with Crippen molar-refractivity contribution in [1.82, 2.24) is 14.8 Å². The largest absolute Gasteiger partial charge is 0.493 e. The predicted octanol–water partition coefficient (Wildman–Crippen LogP) is 2.77. The number of H-pyrrole nitrogens is 1. The number of ether oxygens (including phenoxy) is 3. The summed E-state index contributed by atoms with van der Waals surface area (Å²) < 4.78 is 17.9. The van der Waals surface area contributed by atoms with Crippen LogP contribution in [0.25, 0.3) is 11.4 Å². The molecule has 1 heterocycles. The Labute approximate surface area is 140 Å². The molecule has 0 amide bonds. The number of nitrogens with one attached hydrogen (secondary N) is 1. The van der Waals surface area contributed by atoms with Crippen LogP contribution in [0.1, 0.15) is 38.1 Å². The van der Waals surface area contributed by atoms with Crippen LogP contribution in [0.3, 0.4) is 0 Å². The highest BCUT2D eigenvalue weighted by atomic mass is 16.5. The standard InChI is InChI=1S/C17H23N3O4/c1-22-13-9-11(10-14(23-2)15(13)24-3)16-18-19-17(21)20(16)12-7-5-4-6-8-12/h9-10,12H,4-8H2,1-3H3,(H,19,21). The van der Waals surface area contributed by atoms with E-state index in [1.54, 1.807) is 25.9 Å². The first kappa shape index (κ1) is 16.4. The molecule has 0 unspecified atom stereocenters. The Morgan fingerprint density at radius 1 is 1.04 bits per heavy atom. The van der Waals surface area contributed by atoms with Gasteiger partial charge in [0.25, 0.3) is 0 Å². The Hall–Kier alpha value is -2.44. The third-order valence-corrected chi connectivity index (χ3v) is 4.57. The number of rotatable bonds is 5. The first-order chi connectivity index (χ1) is 11.7. The van der Waals surface area contributed by atoms with Crippen LogP contribution < -0.4 is 19.9 Å². The highest BCUT2D eigenvalue weighted by Gasteiger charge is 2.24. The van der Waals surface area contributed by atoms with Crippen LogP contribution in [0.4, 0.5) is 0 Å². The van der Waals surface area contributed by atoms with Crippen molar-refractivity contribution in [3.8, 4) is 28.6 Å². The van der Waals surface area contributed by atoms with Crippen LogP contribution in [0, 0.1) is 0 Å². The van der Waals surface area contributed by atoms with Gasteiger partial charge < -0.3 is 14.2 Å². The second kappa shape index (κ2) is 6.98. The van der Waals surface area contributed by atoms with Crippen molar-refractivity contribution in [3.05, 3.63) is 22.6 Å².